The summed E-state index contributed by atoms with van der Waals surface area (Å²) in [5.74, 6) is -1.39. The Kier molecular flexibility index (Phi) is 8.99. The molecule has 0 amide bonds. The van der Waals surface area contributed by atoms with Gasteiger partial charge in [0.1, 0.15) is 16.8 Å². The Labute approximate surface area is 189 Å². The molecule has 0 bridgehead atoms. The minimum atomic E-state index is -1.37. The summed E-state index contributed by atoms with van der Waals surface area (Å²) in [4.78, 5) is 19.8. The van der Waals surface area contributed by atoms with Gasteiger partial charge in [0.25, 0.3) is 0 Å². The molecular weight excluding hydrogens is 437 g/mol. The van der Waals surface area contributed by atoms with Crippen molar-refractivity contribution in [3.8, 4) is 11.3 Å². The van der Waals surface area contributed by atoms with Crippen molar-refractivity contribution in [2.45, 2.75) is 44.8 Å². The van der Waals surface area contributed by atoms with E-state index in [1.807, 2.05) is 13.8 Å². The Morgan fingerprint density at radius 2 is 1.84 bits per heavy atom. The van der Waals surface area contributed by atoms with Crippen molar-refractivity contribution in [3.63, 3.8) is 0 Å². The monoisotopic (exact) mass is 465 g/mol. The number of halogens is 1. The van der Waals surface area contributed by atoms with Crippen LogP contribution in [0.25, 0.3) is 17.3 Å². The second kappa shape index (κ2) is 11.3. The van der Waals surface area contributed by atoms with Crippen molar-refractivity contribution < 1.29 is 28.7 Å². The molecule has 0 fully saturated rings. The molecule has 0 radical (unpaired) electrons. The molecule has 1 aromatic carbocycles. The SMILES string of the molecule is CC(C)c1nc(N(C)S(C)=O)nc(-c2ccc(F)cc2)c1C=CC(O)CC(O)CC(=O)O. The summed E-state index contributed by atoms with van der Waals surface area (Å²) in [6, 6.07) is 5.74. The van der Waals surface area contributed by atoms with Gasteiger partial charge < -0.3 is 15.3 Å². The molecule has 0 saturated carbocycles. The van der Waals surface area contributed by atoms with Crippen molar-refractivity contribution in [3.05, 3.63) is 47.4 Å². The van der Waals surface area contributed by atoms with Crippen molar-refractivity contribution in [2.24, 2.45) is 0 Å². The number of carboxylic acid groups (broad SMARTS) is 1. The highest BCUT2D eigenvalue weighted by atomic mass is 32.2. The number of anilines is 1. The molecule has 0 saturated heterocycles. The van der Waals surface area contributed by atoms with Gasteiger partial charge in [-0.1, -0.05) is 26.0 Å². The van der Waals surface area contributed by atoms with Crippen molar-refractivity contribution in [1.82, 2.24) is 9.97 Å². The average molecular weight is 466 g/mol. The molecule has 0 aliphatic carbocycles. The topological polar surface area (TPSA) is 124 Å². The highest BCUT2D eigenvalue weighted by Crippen LogP contribution is 2.31. The minimum Gasteiger partial charge on any atom is -0.481 e. The van der Waals surface area contributed by atoms with Crippen molar-refractivity contribution >= 4 is 29.0 Å². The summed E-state index contributed by atoms with van der Waals surface area (Å²) in [6.45, 7) is 3.85. The van der Waals surface area contributed by atoms with E-state index in [4.69, 9.17) is 5.11 Å². The second-order valence-corrected chi connectivity index (χ2v) is 9.06. The van der Waals surface area contributed by atoms with Crippen LogP contribution in [0.3, 0.4) is 0 Å². The van der Waals surface area contributed by atoms with Crippen molar-refractivity contribution in [1.29, 1.82) is 0 Å². The van der Waals surface area contributed by atoms with Gasteiger partial charge in [0.05, 0.1) is 30.0 Å². The molecule has 0 aliphatic heterocycles. The molecule has 8 nitrogen and oxygen atoms in total. The second-order valence-electron chi connectivity index (χ2n) is 7.67. The number of benzene rings is 1. The van der Waals surface area contributed by atoms with Crippen LogP contribution in [0.4, 0.5) is 10.3 Å². The van der Waals surface area contributed by atoms with Gasteiger partial charge in [-0.3, -0.25) is 9.10 Å². The van der Waals surface area contributed by atoms with Crippen LogP contribution in [-0.4, -0.2) is 61.0 Å². The molecule has 2 rings (SSSR count). The number of aromatic nitrogens is 2. The van der Waals surface area contributed by atoms with E-state index in [1.54, 1.807) is 25.3 Å². The first-order valence-corrected chi connectivity index (χ1v) is 11.5. The van der Waals surface area contributed by atoms with E-state index in [-0.39, 0.29) is 18.3 Å². The van der Waals surface area contributed by atoms with Crippen LogP contribution in [0.15, 0.2) is 30.3 Å². The number of aliphatic carboxylic acids is 1. The van der Waals surface area contributed by atoms with Gasteiger partial charge in [0.15, 0.2) is 0 Å². The van der Waals surface area contributed by atoms with Crippen LogP contribution in [0, 0.1) is 5.82 Å². The smallest absolute Gasteiger partial charge is 0.305 e. The Hall–Kier alpha value is -2.69. The van der Waals surface area contributed by atoms with E-state index in [1.165, 1.54) is 28.8 Å². The maximum absolute atomic E-state index is 13.5. The lowest BCUT2D eigenvalue weighted by Crippen LogP contribution is -2.23. The average Bonchev–Trinajstić information content (AvgIpc) is 2.70. The molecule has 10 heteroatoms. The van der Waals surface area contributed by atoms with Gasteiger partial charge in [0.2, 0.25) is 5.95 Å². The Bertz CT molecular complexity index is 998. The summed E-state index contributed by atoms with van der Waals surface area (Å²) >= 11 is 0. The minimum absolute atomic E-state index is 0.0657. The van der Waals surface area contributed by atoms with Crippen LogP contribution in [0.5, 0.6) is 0 Å². The first-order chi connectivity index (χ1) is 15.0. The van der Waals surface area contributed by atoms with E-state index in [2.05, 4.69) is 9.97 Å². The first kappa shape index (κ1) is 25.6. The summed E-state index contributed by atoms with van der Waals surface area (Å²) in [5, 5.41) is 28.8. The molecule has 3 N–H and O–H groups in total. The zero-order valence-electron chi connectivity index (χ0n) is 18.4. The van der Waals surface area contributed by atoms with Crippen LogP contribution in [0.1, 0.15) is 43.9 Å². The number of carbonyl (C=O) groups is 1. The maximum Gasteiger partial charge on any atom is 0.305 e. The van der Waals surface area contributed by atoms with Gasteiger partial charge in [-0.15, -0.1) is 0 Å². The summed E-state index contributed by atoms with van der Waals surface area (Å²) in [6.07, 6.45) is 1.63. The van der Waals surface area contributed by atoms with Crippen LogP contribution in [-0.2, 0) is 15.8 Å². The third kappa shape index (κ3) is 6.91. The third-order valence-corrected chi connectivity index (χ3v) is 5.64. The molecule has 1 heterocycles. The zero-order chi connectivity index (χ0) is 24.0. The number of aliphatic hydroxyl groups excluding tert-OH is 2. The number of aliphatic hydroxyl groups is 2. The first-order valence-electron chi connectivity index (χ1n) is 10.0. The largest absolute Gasteiger partial charge is 0.481 e. The van der Waals surface area contributed by atoms with Gasteiger partial charge in [-0.2, -0.15) is 0 Å². The summed E-state index contributed by atoms with van der Waals surface area (Å²) < 4.78 is 26.9. The predicted octanol–water partition coefficient (Wildman–Crippen LogP) is 2.74. The highest BCUT2D eigenvalue weighted by Gasteiger charge is 2.20. The molecule has 32 heavy (non-hydrogen) atoms. The lowest BCUT2D eigenvalue weighted by Gasteiger charge is -2.20. The Morgan fingerprint density at radius 3 is 2.38 bits per heavy atom. The van der Waals surface area contributed by atoms with E-state index >= 15 is 0 Å². The predicted molar refractivity (Wildman–Crippen MR) is 122 cm³/mol. The van der Waals surface area contributed by atoms with E-state index in [9.17, 15) is 23.6 Å². The molecule has 0 spiro atoms. The summed E-state index contributed by atoms with van der Waals surface area (Å²) in [7, 11) is 0.238. The van der Waals surface area contributed by atoms with E-state index in [0.29, 0.717) is 22.5 Å². The van der Waals surface area contributed by atoms with Crippen LogP contribution < -0.4 is 4.31 Å². The Balaban J connectivity index is 2.56. The normalized spacial score (nSPS) is 14.5. The van der Waals surface area contributed by atoms with E-state index in [0.717, 1.165) is 0 Å². The third-order valence-electron chi connectivity index (χ3n) is 4.70. The fourth-order valence-electron chi connectivity index (χ4n) is 3.01. The number of hydrogen-bond donors (Lipinski definition) is 3. The number of nitrogens with zero attached hydrogens (tertiary/aromatic N) is 3. The molecule has 2 aromatic rings. The molecule has 174 valence electrons. The van der Waals surface area contributed by atoms with Gasteiger partial charge in [0, 0.05) is 30.9 Å². The fraction of sp³-hybridized carbons (Fsp3) is 0.409. The molecule has 3 atom stereocenters. The zero-order valence-corrected chi connectivity index (χ0v) is 19.2. The van der Waals surface area contributed by atoms with E-state index < -0.39 is 41.4 Å². The lowest BCUT2D eigenvalue weighted by molar-refractivity contribution is -0.139. The fourth-order valence-corrected chi connectivity index (χ4v) is 3.32. The Morgan fingerprint density at radius 1 is 1.22 bits per heavy atom. The number of rotatable bonds is 10. The molecule has 3 unspecified atom stereocenters. The van der Waals surface area contributed by atoms with Crippen LogP contribution in [0.2, 0.25) is 0 Å². The lowest BCUT2D eigenvalue weighted by atomic mass is 9.97. The number of carboxylic acids is 1. The number of hydrogen-bond acceptors (Lipinski definition) is 6. The molecule has 1 aromatic heterocycles. The van der Waals surface area contributed by atoms with Gasteiger partial charge >= 0.3 is 5.97 Å². The highest BCUT2D eigenvalue weighted by molar-refractivity contribution is 7.85. The maximum atomic E-state index is 13.5. The van der Waals surface area contributed by atoms with Crippen LogP contribution >= 0.6 is 0 Å². The quantitative estimate of drug-likeness (QED) is 0.493. The van der Waals surface area contributed by atoms with Gasteiger partial charge in [-0.05, 0) is 30.2 Å². The molecular formula is C22H28FN3O5S. The van der Waals surface area contributed by atoms with Crippen molar-refractivity contribution in [2.75, 3.05) is 17.6 Å². The van der Waals surface area contributed by atoms with Gasteiger partial charge in [-0.25, -0.2) is 18.6 Å². The standard InChI is InChI=1S/C22H28FN3O5S/c1-13(2)20-18(10-9-16(27)11-17(28)12-19(29)30)21(14-5-7-15(23)8-6-14)25-22(24-20)26(3)32(4)31/h5-10,13,16-17,27-28H,11-12H2,1-4H3,(H,29,30). The summed E-state index contributed by atoms with van der Waals surface area (Å²) in [5.41, 5.74) is 2.27. The molecule has 0 aliphatic rings.